The molecule has 5 nitrogen and oxygen atoms in total. The Balaban J connectivity index is 2.23. The minimum atomic E-state index is 0.123. The van der Waals surface area contributed by atoms with Crippen molar-refractivity contribution < 1.29 is 5.21 Å². The largest absolute Gasteiger partial charge is 0.409 e. The quantitative estimate of drug-likeness (QED) is 0.382. The van der Waals surface area contributed by atoms with E-state index in [-0.39, 0.29) is 5.84 Å². The average Bonchev–Trinajstić information content (AvgIpc) is 2.79. The van der Waals surface area contributed by atoms with Crippen molar-refractivity contribution in [2.75, 3.05) is 32.1 Å². The number of hydrogen-bond acceptors (Lipinski definition) is 4. The Kier molecular flexibility index (Phi) is 4.55. The van der Waals surface area contributed by atoms with E-state index < -0.39 is 0 Å². The summed E-state index contributed by atoms with van der Waals surface area (Å²) in [4.78, 5) is 4.65. The lowest BCUT2D eigenvalue weighted by atomic mass is 10.1. The molecule has 0 spiro atoms. The maximum Gasteiger partial charge on any atom is 0.170 e. The molecular formula is C14H21BrN4O. The van der Waals surface area contributed by atoms with Crippen molar-refractivity contribution in [2.24, 2.45) is 16.8 Å². The van der Waals surface area contributed by atoms with Crippen LogP contribution >= 0.6 is 15.9 Å². The molecule has 1 fully saturated rings. The highest BCUT2D eigenvalue weighted by atomic mass is 79.9. The molecule has 3 N–H and O–H groups in total. The van der Waals surface area contributed by atoms with Crippen LogP contribution in [0.5, 0.6) is 0 Å². The normalized spacial score (nSPS) is 23.6. The molecule has 20 heavy (non-hydrogen) atoms. The second-order valence-corrected chi connectivity index (χ2v) is 6.42. The number of hydrogen-bond donors (Lipinski definition) is 2. The van der Waals surface area contributed by atoms with Crippen LogP contribution in [0.1, 0.15) is 12.5 Å². The maximum absolute atomic E-state index is 8.72. The van der Waals surface area contributed by atoms with E-state index >= 15 is 0 Å². The van der Waals surface area contributed by atoms with Gasteiger partial charge in [-0.15, -0.1) is 0 Å². The minimum absolute atomic E-state index is 0.123. The van der Waals surface area contributed by atoms with E-state index in [1.165, 1.54) is 0 Å². The van der Waals surface area contributed by atoms with E-state index in [0.717, 1.165) is 23.2 Å². The first-order valence-corrected chi connectivity index (χ1v) is 7.42. The molecule has 1 aromatic rings. The number of nitrogens with two attached hydrogens (primary N) is 1. The second-order valence-electron chi connectivity index (χ2n) is 5.56. The lowest BCUT2D eigenvalue weighted by molar-refractivity contribution is 0.266. The summed E-state index contributed by atoms with van der Waals surface area (Å²) in [5.41, 5.74) is 7.47. The molecular weight excluding hydrogens is 320 g/mol. The van der Waals surface area contributed by atoms with E-state index in [2.05, 4.69) is 51.9 Å². The molecule has 1 saturated heterocycles. The number of halogens is 1. The number of amidine groups is 1. The first-order chi connectivity index (χ1) is 9.43. The summed E-state index contributed by atoms with van der Waals surface area (Å²) in [6.45, 7) is 4.32. The van der Waals surface area contributed by atoms with Gasteiger partial charge in [-0.25, -0.2) is 0 Å². The third-order valence-electron chi connectivity index (χ3n) is 3.93. The van der Waals surface area contributed by atoms with Crippen molar-refractivity contribution in [2.45, 2.75) is 13.0 Å². The Morgan fingerprint density at radius 3 is 2.65 bits per heavy atom. The molecule has 0 amide bonds. The third-order valence-corrected chi connectivity index (χ3v) is 4.56. The Labute approximate surface area is 128 Å². The monoisotopic (exact) mass is 340 g/mol. The number of oxime groups is 1. The average molecular weight is 341 g/mol. The van der Waals surface area contributed by atoms with Crippen molar-refractivity contribution in [1.82, 2.24) is 4.90 Å². The Morgan fingerprint density at radius 1 is 1.45 bits per heavy atom. The SMILES string of the molecule is CC1CN(c2ccc(/C(N)=N/O)cc2Br)CC1N(C)C. The fourth-order valence-electron chi connectivity index (χ4n) is 2.80. The van der Waals surface area contributed by atoms with Gasteiger partial charge in [-0.05, 0) is 54.1 Å². The zero-order valence-electron chi connectivity index (χ0n) is 12.0. The van der Waals surface area contributed by atoms with E-state index in [0.29, 0.717) is 17.5 Å². The Bertz CT molecular complexity index is 518. The van der Waals surface area contributed by atoms with E-state index in [1.54, 1.807) is 0 Å². The molecule has 1 aliphatic heterocycles. The summed E-state index contributed by atoms with van der Waals surface area (Å²) >= 11 is 3.58. The van der Waals surface area contributed by atoms with Crippen molar-refractivity contribution >= 4 is 27.5 Å². The molecule has 6 heteroatoms. The van der Waals surface area contributed by atoms with E-state index in [4.69, 9.17) is 10.9 Å². The fraction of sp³-hybridized carbons (Fsp3) is 0.500. The van der Waals surface area contributed by atoms with Crippen LogP contribution in [-0.4, -0.2) is 49.2 Å². The minimum Gasteiger partial charge on any atom is -0.409 e. The van der Waals surface area contributed by atoms with E-state index in [1.807, 2.05) is 18.2 Å². The van der Waals surface area contributed by atoms with Gasteiger partial charge >= 0.3 is 0 Å². The summed E-state index contributed by atoms with van der Waals surface area (Å²) < 4.78 is 0.966. The zero-order valence-corrected chi connectivity index (χ0v) is 13.6. The van der Waals surface area contributed by atoms with Gasteiger partial charge < -0.3 is 20.7 Å². The molecule has 110 valence electrons. The van der Waals surface area contributed by atoms with Crippen LogP contribution in [-0.2, 0) is 0 Å². The lowest BCUT2D eigenvalue weighted by Gasteiger charge is -2.23. The fourth-order valence-corrected chi connectivity index (χ4v) is 3.43. The predicted octanol–water partition coefficient (Wildman–Crippen LogP) is 1.93. The van der Waals surface area contributed by atoms with Gasteiger partial charge in [0.25, 0.3) is 0 Å². The van der Waals surface area contributed by atoms with Crippen molar-refractivity contribution in [1.29, 1.82) is 0 Å². The van der Waals surface area contributed by atoms with Gasteiger partial charge in [0.15, 0.2) is 5.84 Å². The molecule has 1 aliphatic rings. The third kappa shape index (κ3) is 2.91. The Hall–Kier alpha value is -1.27. The van der Waals surface area contributed by atoms with Gasteiger partial charge in [0.05, 0.1) is 5.69 Å². The first-order valence-electron chi connectivity index (χ1n) is 6.63. The highest BCUT2D eigenvalue weighted by molar-refractivity contribution is 9.10. The maximum atomic E-state index is 8.72. The van der Waals surface area contributed by atoms with Gasteiger partial charge in [0, 0.05) is 29.2 Å². The van der Waals surface area contributed by atoms with Crippen LogP contribution in [0, 0.1) is 5.92 Å². The summed E-state index contributed by atoms with van der Waals surface area (Å²) in [7, 11) is 4.25. The smallest absolute Gasteiger partial charge is 0.170 e. The molecule has 0 aliphatic carbocycles. The second kappa shape index (κ2) is 6.01. The summed E-state index contributed by atoms with van der Waals surface area (Å²) in [5.74, 6) is 0.749. The molecule has 0 bridgehead atoms. The van der Waals surface area contributed by atoms with Crippen molar-refractivity contribution in [3.63, 3.8) is 0 Å². The molecule has 2 rings (SSSR count). The highest BCUT2D eigenvalue weighted by Crippen LogP contribution is 2.32. The van der Waals surface area contributed by atoms with Crippen LogP contribution in [0.3, 0.4) is 0 Å². The van der Waals surface area contributed by atoms with Gasteiger partial charge in [0.2, 0.25) is 0 Å². The van der Waals surface area contributed by atoms with Crippen LogP contribution in [0.2, 0.25) is 0 Å². The summed E-state index contributed by atoms with van der Waals surface area (Å²) in [5, 5.41) is 11.7. The van der Waals surface area contributed by atoms with Crippen LogP contribution in [0.15, 0.2) is 27.8 Å². The number of benzene rings is 1. The van der Waals surface area contributed by atoms with Crippen molar-refractivity contribution in [3.05, 3.63) is 28.2 Å². The van der Waals surface area contributed by atoms with Crippen LogP contribution < -0.4 is 10.6 Å². The van der Waals surface area contributed by atoms with Gasteiger partial charge in [-0.1, -0.05) is 12.1 Å². The van der Waals surface area contributed by atoms with E-state index in [9.17, 15) is 0 Å². The van der Waals surface area contributed by atoms with Gasteiger partial charge in [-0.2, -0.15) is 0 Å². The standard InChI is InChI=1S/C14H21BrN4O/c1-9-7-19(8-13(9)18(2)3)12-5-4-10(6-11(12)15)14(16)17-20/h4-6,9,13,20H,7-8H2,1-3H3,(H2,16,17). The molecule has 1 heterocycles. The Morgan fingerprint density at radius 2 is 2.15 bits per heavy atom. The summed E-state index contributed by atoms with van der Waals surface area (Å²) in [6, 6.07) is 6.34. The number of rotatable bonds is 3. The molecule has 2 atom stereocenters. The lowest BCUT2D eigenvalue weighted by Crippen LogP contribution is -2.34. The number of likely N-dealkylation sites (N-methyl/N-ethyl adjacent to an activating group) is 1. The molecule has 0 aromatic heterocycles. The predicted molar refractivity (Wildman–Crippen MR) is 85.5 cm³/mol. The van der Waals surface area contributed by atoms with Gasteiger partial charge in [-0.3, -0.25) is 0 Å². The summed E-state index contributed by atoms with van der Waals surface area (Å²) in [6.07, 6.45) is 0. The van der Waals surface area contributed by atoms with Crippen molar-refractivity contribution in [3.8, 4) is 0 Å². The number of nitrogens with zero attached hydrogens (tertiary/aromatic N) is 3. The zero-order chi connectivity index (χ0) is 14.9. The molecule has 0 radical (unpaired) electrons. The topological polar surface area (TPSA) is 65.1 Å². The molecule has 1 aromatic carbocycles. The highest BCUT2D eigenvalue weighted by Gasteiger charge is 2.31. The molecule has 2 unspecified atom stereocenters. The first kappa shape index (κ1) is 15.1. The van der Waals surface area contributed by atoms with Crippen LogP contribution in [0.25, 0.3) is 0 Å². The van der Waals surface area contributed by atoms with Gasteiger partial charge in [0.1, 0.15) is 0 Å². The van der Waals surface area contributed by atoms with Crippen LogP contribution in [0.4, 0.5) is 5.69 Å². The molecule has 0 saturated carbocycles. The number of anilines is 1.